The lowest BCUT2D eigenvalue weighted by Gasteiger charge is -2.13. The highest BCUT2D eigenvalue weighted by Crippen LogP contribution is 2.15. The van der Waals surface area contributed by atoms with Gasteiger partial charge < -0.3 is 15.4 Å². The summed E-state index contributed by atoms with van der Waals surface area (Å²) in [6.45, 7) is 0.980. The van der Waals surface area contributed by atoms with E-state index in [0.717, 1.165) is 15.8 Å². The summed E-state index contributed by atoms with van der Waals surface area (Å²) in [6, 6.07) is 12.8. The van der Waals surface area contributed by atoms with E-state index in [0.29, 0.717) is 24.6 Å². The predicted octanol–water partition coefficient (Wildman–Crippen LogP) is 4.08. The van der Waals surface area contributed by atoms with Gasteiger partial charge in [-0.25, -0.2) is 4.39 Å². The van der Waals surface area contributed by atoms with Crippen LogP contribution in [0.2, 0.25) is 0 Å². The van der Waals surface area contributed by atoms with E-state index in [4.69, 9.17) is 4.74 Å². The minimum Gasteiger partial charge on any atom is -0.497 e. The smallest absolute Gasteiger partial charge is 0.191 e. The van der Waals surface area contributed by atoms with Gasteiger partial charge in [-0.3, -0.25) is 4.99 Å². The molecule has 0 aliphatic heterocycles. The molecule has 0 atom stereocenters. The molecule has 0 aliphatic rings. The van der Waals surface area contributed by atoms with Crippen molar-refractivity contribution in [2.75, 3.05) is 14.2 Å². The number of nitrogens with one attached hydrogen (secondary N) is 2. The molecule has 0 bridgehead atoms. The standard InChI is InChI=1S/C17H19BrFN3O.HI/c1-20-17(21-10-12-3-7-15(23-2)8-4-12)22-11-13-5-6-14(18)9-16(13)19;/h3-9H,10-11H2,1-2H3,(H2,20,21,22);1H. The summed E-state index contributed by atoms with van der Waals surface area (Å²) >= 11 is 3.25. The summed E-state index contributed by atoms with van der Waals surface area (Å²) in [5, 5.41) is 6.29. The number of rotatable bonds is 5. The van der Waals surface area contributed by atoms with Crippen LogP contribution in [0.4, 0.5) is 4.39 Å². The molecular weight excluding hydrogens is 488 g/mol. The Balaban J connectivity index is 0.00000288. The minimum absolute atomic E-state index is 0. The van der Waals surface area contributed by atoms with E-state index in [2.05, 4.69) is 31.6 Å². The topological polar surface area (TPSA) is 45.7 Å². The summed E-state index contributed by atoms with van der Waals surface area (Å²) in [5.41, 5.74) is 1.68. The third-order valence-corrected chi connectivity index (χ3v) is 3.80. The zero-order chi connectivity index (χ0) is 16.7. The molecule has 0 heterocycles. The van der Waals surface area contributed by atoms with Crippen LogP contribution in [0, 0.1) is 5.82 Å². The van der Waals surface area contributed by atoms with Crippen LogP contribution in [0.1, 0.15) is 11.1 Å². The van der Waals surface area contributed by atoms with Crippen molar-refractivity contribution in [2.24, 2.45) is 4.99 Å². The number of hydrogen-bond donors (Lipinski definition) is 2. The van der Waals surface area contributed by atoms with Gasteiger partial charge in [0.05, 0.1) is 7.11 Å². The SMILES string of the molecule is CN=C(NCc1ccc(OC)cc1)NCc1ccc(Br)cc1F.I. The fraction of sp³-hybridized carbons (Fsp3) is 0.235. The fourth-order valence-electron chi connectivity index (χ4n) is 1.99. The van der Waals surface area contributed by atoms with Gasteiger partial charge in [0, 0.05) is 30.2 Å². The van der Waals surface area contributed by atoms with E-state index >= 15 is 0 Å². The van der Waals surface area contributed by atoms with Crippen molar-refractivity contribution in [3.05, 3.63) is 63.9 Å². The van der Waals surface area contributed by atoms with Crippen LogP contribution in [-0.2, 0) is 13.1 Å². The Hall–Kier alpha value is -1.35. The molecule has 2 aromatic carbocycles. The third-order valence-electron chi connectivity index (χ3n) is 3.30. The monoisotopic (exact) mass is 507 g/mol. The third kappa shape index (κ3) is 6.27. The van der Waals surface area contributed by atoms with E-state index < -0.39 is 0 Å². The molecule has 2 N–H and O–H groups in total. The number of methoxy groups -OCH3 is 1. The van der Waals surface area contributed by atoms with Gasteiger partial charge in [-0.2, -0.15) is 0 Å². The van der Waals surface area contributed by atoms with Gasteiger partial charge in [-0.15, -0.1) is 24.0 Å². The van der Waals surface area contributed by atoms with Crippen LogP contribution in [-0.4, -0.2) is 20.1 Å². The number of ether oxygens (including phenoxy) is 1. The Morgan fingerprint density at radius 2 is 1.79 bits per heavy atom. The maximum Gasteiger partial charge on any atom is 0.191 e. The molecule has 0 spiro atoms. The number of aliphatic imine (C=N–C) groups is 1. The Kier molecular flexibility index (Phi) is 9.05. The highest BCUT2D eigenvalue weighted by Gasteiger charge is 2.04. The van der Waals surface area contributed by atoms with Crippen LogP contribution < -0.4 is 15.4 Å². The van der Waals surface area contributed by atoms with E-state index in [1.807, 2.05) is 30.3 Å². The van der Waals surface area contributed by atoms with Gasteiger partial charge in [0.15, 0.2) is 5.96 Å². The summed E-state index contributed by atoms with van der Waals surface area (Å²) < 4.78 is 19.6. The quantitative estimate of drug-likeness (QED) is 0.364. The first kappa shape index (κ1) is 20.7. The fourth-order valence-corrected chi connectivity index (χ4v) is 2.33. The van der Waals surface area contributed by atoms with Crippen molar-refractivity contribution in [1.82, 2.24) is 10.6 Å². The lowest BCUT2D eigenvalue weighted by molar-refractivity contribution is 0.414. The molecular formula is C17H20BrFIN3O. The van der Waals surface area contributed by atoms with Gasteiger partial charge in [0.1, 0.15) is 11.6 Å². The molecule has 4 nitrogen and oxygen atoms in total. The molecule has 0 saturated carbocycles. The second-order valence-electron chi connectivity index (χ2n) is 4.86. The van der Waals surface area contributed by atoms with E-state index in [-0.39, 0.29) is 29.8 Å². The van der Waals surface area contributed by atoms with Crippen LogP contribution >= 0.6 is 39.9 Å². The molecule has 0 amide bonds. The van der Waals surface area contributed by atoms with Crippen molar-refractivity contribution in [2.45, 2.75) is 13.1 Å². The van der Waals surface area contributed by atoms with Crippen molar-refractivity contribution < 1.29 is 9.13 Å². The van der Waals surface area contributed by atoms with Gasteiger partial charge in [-0.1, -0.05) is 34.1 Å². The molecule has 0 saturated heterocycles. The zero-order valence-electron chi connectivity index (χ0n) is 13.5. The Labute approximate surface area is 167 Å². The normalized spacial score (nSPS) is 10.8. The molecule has 0 aromatic heterocycles. The first-order chi connectivity index (χ1) is 11.1. The number of nitrogens with zero attached hydrogens (tertiary/aromatic N) is 1. The van der Waals surface area contributed by atoms with Crippen LogP contribution in [0.25, 0.3) is 0 Å². The lowest BCUT2D eigenvalue weighted by Crippen LogP contribution is -2.36. The average Bonchev–Trinajstić information content (AvgIpc) is 2.57. The van der Waals surface area contributed by atoms with Gasteiger partial charge in [-0.05, 0) is 29.8 Å². The number of benzene rings is 2. The second kappa shape index (κ2) is 10.5. The van der Waals surface area contributed by atoms with Crippen molar-refractivity contribution >= 4 is 45.9 Å². The molecule has 2 rings (SSSR count). The Bertz CT molecular complexity index is 680. The molecule has 2 aromatic rings. The van der Waals surface area contributed by atoms with E-state index in [1.165, 1.54) is 6.07 Å². The maximum atomic E-state index is 13.8. The van der Waals surface area contributed by atoms with Gasteiger partial charge in [0.25, 0.3) is 0 Å². The molecule has 24 heavy (non-hydrogen) atoms. The Morgan fingerprint density at radius 3 is 2.38 bits per heavy atom. The van der Waals surface area contributed by atoms with Crippen LogP contribution in [0.5, 0.6) is 5.75 Å². The van der Waals surface area contributed by atoms with E-state index in [1.54, 1.807) is 20.2 Å². The highest BCUT2D eigenvalue weighted by atomic mass is 127. The van der Waals surface area contributed by atoms with Crippen molar-refractivity contribution in [3.8, 4) is 5.75 Å². The van der Waals surface area contributed by atoms with Crippen molar-refractivity contribution in [3.63, 3.8) is 0 Å². The Morgan fingerprint density at radius 1 is 1.12 bits per heavy atom. The van der Waals surface area contributed by atoms with Crippen LogP contribution in [0.15, 0.2) is 51.9 Å². The predicted molar refractivity (Wildman–Crippen MR) is 110 cm³/mol. The minimum atomic E-state index is -0.252. The summed E-state index contributed by atoms with van der Waals surface area (Å²) in [5.74, 6) is 1.18. The van der Waals surface area contributed by atoms with Crippen molar-refractivity contribution in [1.29, 1.82) is 0 Å². The maximum absolute atomic E-state index is 13.8. The molecule has 0 unspecified atom stereocenters. The van der Waals surface area contributed by atoms with Crippen LogP contribution in [0.3, 0.4) is 0 Å². The number of halogens is 3. The number of guanidine groups is 1. The lowest BCUT2D eigenvalue weighted by atomic mass is 10.2. The number of hydrogen-bond acceptors (Lipinski definition) is 2. The zero-order valence-corrected chi connectivity index (χ0v) is 17.4. The second-order valence-corrected chi connectivity index (χ2v) is 5.78. The van der Waals surface area contributed by atoms with Gasteiger partial charge >= 0.3 is 0 Å². The average molecular weight is 508 g/mol. The molecule has 0 aliphatic carbocycles. The largest absolute Gasteiger partial charge is 0.497 e. The molecule has 7 heteroatoms. The first-order valence-electron chi connectivity index (χ1n) is 7.13. The molecule has 0 fully saturated rings. The summed E-state index contributed by atoms with van der Waals surface area (Å²) in [4.78, 5) is 4.14. The van der Waals surface area contributed by atoms with E-state index in [9.17, 15) is 4.39 Å². The highest BCUT2D eigenvalue weighted by molar-refractivity contribution is 14.0. The summed E-state index contributed by atoms with van der Waals surface area (Å²) in [6.07, 6.45) is 0. The summed E-state index contributed by atoms with van der Waals surface area (Å²) in [7, 11) is 3.32. The molecule has 0 radical (unpaired) electrons. The molecule has 130 valence electrons. The first-order valence-corrected chi connectivity index (χ1v) is 7.93. The van der Waals surface area contributed by atoms with Gasteiger partial charge in [0.2, 0.25) is 0 Å².